The summed E-state index contributed by atoms with van der Waals surface area (Å²) >= 11 is 0. The van der Waals surface area contributed by atoms with E-state index in [0.29, 0.717) is 25.3 Å². The fourth-order valence-corrected chi connectivity index (χ4v) is 1.85. The van der Waals surface area contributed by atoms with Crippen molar-refractivity contribution in [1.82, 2.24) is 0 Å². The number of rotatable bonds is 5. The number of esters is 1. The van der Waals surface area contributed by atoms with Crippen molar-refractivity contribution in [1.29, 1.82) is 0 Å². The molecule has 1 heterocycles. The third-order valence-electron chi connectivity index (χ3n) is 3.20. The molecule has 1 aromatic carbocycles. The number of benzene rings is 1. The fraction of sp³-hybridized carbons (Fsp3) is 0.462. The van der Waals surface area contributed by atoms with Crippen molar-refractivity contribution in [3.05, 3.63) is 29.8 Å². The lowest BCUT2D eigenvalue weighted by atomic mass is 9.86. The highest BCUT2D eigenvalue weighted by atomic mass is 16.5. The Bertz CT molecular complexity index is 424. The highest BCUT2D eigenvalue weighted by Gasteiger charge is 2.36. The molecule has 1 saturated heterocycles. The van der Waals surface area contributed by atoms with Gasteiger partial charge < -0.3 is 20.5 Å². The van der Waals surface area contributed by atoms with Crippen LogP contribution in [0.4, 0.5) is 5.69 Å². The normalized spacial score (nSPS) is 16.8. The van der Waals surface area contributed by atoms with Gasteiger partial charge >= 0.3 is 5.97 Å². The van der Waals surface area contributed by atoms with Crippen LogP contribution in [0.5, 0.6) is 0 Å². The quantitative estimate of drug-likeness (QED) is 0.758. The van der Waals surface area contributed by atoms with Gasteiger partial charge in [-0.25, -0.2) is 4.79 Å². The fourth-order valence-electron chi connectivity index (χ4n) is 1.85. The summed E-state index contributed by atoms with van der Waals surface area (Å²) in [7, 11) is 1.37. The van der Waals surface area contributed by atoms with Crippen molar-refractivity contribution < 1.29 is 14.3 Å². The third-order valence-corrected chi connectivity index (χ3v) is 3.20. The zero-order valence-corrected chi connectivity index (χ0v) is 10.4. The molecule has 0 saturated carbocycles. The summed E-state index contributed by atoms with van der Waals surface area (Å²) in [5.41, 5.74) is 7.19. The van der Waals surface area contributed by atoms with Gasteiger partial charge in [-0.05, 0) is 18.2 Å². The van der Waals surface area contributed by atoms with Crippen molar-refractivity contribution >= 4 is 11.7 Å². The van der Waals surface area contributed by atoms with Crippen LogP contribution in [0, 0.1) is 5.41 Å². The largest absolute Gasteiger partial charge is 0.465 e. The minimum Gasteiger partial charge on any atom is -0.465 e. The second kappa shape index (κ2) is 5.37. The summed E-state index contributed by atoms with van der Waals surface area (Å²) in [5, 5.41) is 3.29. The molecule has 2 rings (SSSR count). The van der Waals surface area contributed by atoms with E-state index < -0.39 is 0 Å². The van der Waals surface area contributed by atoms with E-state index in [2.05, 4.69) is 10.1 Å². The first-order chi connectivity index (χ1) is 8.69. The number of ether oxygens (including phenoxy) is 2. The summed E-state index contributed by atoms with van der Waals surface area (Å²) in [6.45, 7) is 2.71. The monoisotopic (exact) mass is 250 g/mol. The molecule has 0 unspecified atom stereocenters. The highest BCUT2D eigenvalue weighted by Crippen LogP contribution is 2.26. The molecule has 3 N–H and O–H groups in total. The summed E-state index contributed by atoms with van der Waals surface area (Å²) in [4.78, 5) is 11.4. The Morgan fingerprint density at radius 3 is 2.89 bits per heavy atom. The van der Waals surface area contributed by atoms with Gasteiger partial charge in [-0.2, -0.15) is 0 Å². The number of nitrogens with two attached hydrogens (primary N) is 1. The van der Waals surface area contributed by atoms with Crippen molar-refractivity contribution in [2.24, 2.45) is 11.1 Å². The maximum atomic E-state index is 11.4. The third kappa shape index (κ3) is 2.63. The van der Waals surface area contributed by atoms with Crippen molar-refractivity contribution in [3.63, 3.8) is 0 Å². The van der Waals surface area contributed by atoms with E-state index >= 15 is 0 Å². The molecule has 5 nitrogen and oxygen atoms in total. The topological polar surface area (TPSA) is 73.6 Å². The first-order valence-corrected chi connectivity index (χ1v) is 5.89. The van der Waals surface area contributed by atoms with Crippen LogP contribution in [0.15, 0.2) is 24.3 Å². The SMILES string of the molecule is COC(=O)c1cccc(NCC2(CN)COC2)c1. The Morgan fingerprint density at radius 2 is 2.33 bits per heavy atom. The molecular formula is C13H18N2O3. The second-order valence-electron chi connectivity index (χ2n) is 4.62. The molecular weight excluding hydrogens is 232 g/mol. The smallest absolute Gasteiger partial charge is 0.337 e. The Hall–Kier alpha value is -1.59. The van der Waals surface area contributed by atoms with Crippen LogP contribution >= 0.6 is 0 Å². The van der Waals surface area contributed by atoms with Crippen LogP contribution in [0.25, 0.3) is 0 Å². The lowest BCUT2D eigenvalue weighted by molar-refractivity contribution is -0.0979. The summed E-state index contributed by atoms with van der Waals surface area (Å²) in [5.74, 6) is -0.334. The van der Waals surface area contributed by atoms with E-state index in [1.165, 1.54) is 7.11 Å². The molecule has 98 valence electrons. The number of hydrogen-bond acceptors (Lipinski definition) is 5. The van der Waals surface area contributed by atoms with Crippen molar-refractivity contribution in [3.8, 4) is 0 Å². The molecule has 1 aliphatic rings. The van der Waals surface area contributed by atoms with Gasteiger partial charge in [0, 0.05) is 24.2 Å². The van der Waals surface area contributed by atoms with Crippen LogP contribution in [0.3, 0.4) is 0 Å². The lowest BCUT2D eigenvalue weighted by Gasteiger charge is -2.40. The molecule has 1 aliphatic heterocycles. The van der Waals surface area contributed by atoms with E-state index in [0.717, 1.165) is 12.2 Å². The zero-order chi connectivity index (χ0) is 13.0. The second-order valence-corrected chi connectivity index (χ2v) is 4.62. The molecule has 0 spiro atoms. The highest BCUT2D eigenvalue weighted by molar-refractivity contribution is 5.90. The van der Waals surface area contributed by atoms with Gasteiger partial charge in [0.05, 0.1) is 25.9 Å². The average Bonchev–Trinajstić information content (AvgIpc) is 2.37. The summed E-state index contributed by atoms with van der Waals surface area (Å²) < 4.78 is 9.89. The predicted molar refractivity (Wildman–Crippen MR) is 68.6 cm³/mol. The van der Waals surface area contributed by atoms with Gasteiger partial charge in [0.25, 0.3) is 0 Å². The molecule has 0 radical (unpaired) electrons. The molecule has 0 atom stereocenters. The minimum absolute atomic E-state index is 0.0290. The van der Waals surface area contributed by atoms with Crippen LogP contribution in [-0.2, 0) is 9.47 Å². The first-order valence-electron chi connectivity index (χ1n) is 5.89. The molecule has 0 amide bonds. The Kier molecular flexibility index (Phi) is 3.84. The Morgan fingerprint density at radius 1 is 1.56 bits per heavy atom. The summed E-state index contributed by atoms with van der Waals surface area (Å²) in [6, 6.07) is 7.23. The number of nitrogens with one attached hydrogen (secondary N) is 1. The van der Waals surface area contributed by atoms with Gasteiger partial charge in [-0.1, -0.05) is 6.07 Å². The first kappa shape index (κ1) is 12.9. The van der Waals surface area contributed by atoms with E-state index in [1.54, 1.807) is 12.1 Å². The molecule has 0 bridgehead atoms. The van der Waals surface area contributed by atoms with Crippen molar-refractivity contribution in [2.45, 2.75) is 0 Å². The van der Waals surface area contributed by atoms with Crippen LogP contribution < -0.4 is 11.1 Å². The van der Waals surface area contributed by atoms with Gasteiger partial charge in [0.2, 0.25) is 0 Å². The van der Waals surface area contributed by atoms with Gasteiger partial charge in [0.15, 0.2) is 0 Å². The molecule has 1 fully saturated rings. The van der Waals surface area contributed by atoms with Gasteiger partial charge in [-0.15, -0.1) is 0 Å². The van der Waals surface area contributed by atoms with E-state index in [4.69, 9.17) is 10.5 Å². The molecule has 18 heavy (non-hydrogen) atoms. The lowest BCUT2D eigenvalue weighted by Crippen LogP contribution is -2.52. The van der Waals surface area contributed by atoms with Crippen molar-refractivity contribution in [2.75, 3.05) is 38.7 Å². The zero-order valence-electron chi connectivity index (χ0n) is 10.4. The van der Waals surface area contributed by atoms with Crippen LogP contribution in [-0.4, -0.2) is 39.4 Å². The molecule has 0 aliphatic carbocycles. The number of carbonyl (C=O) groups excluding carboxylic acids is 1. The molecule has 1 aromatic rings. The molecule has 0 aromatic heterocycles. The molecule has 5 heteroatoms. The Balaban J connectivity index is 1.99. The number of methoxy groups -OCH3 is 1. The average molecular weight is 250 g/mol. The number of hydrogen-bond donors (Lipinski definition) is 2. The maximum absolute atomic E-state index is 11.4. The number of carbonyl (C=O) groups is 1. The summed E-state index contributed by atoms with van der Waals surface area (Å²) in [6.07, 6.45) is 0. The van der Waals surface area contributed by atoms with E-state index in [1.807, 2.05) is 12.1 Å². The van der Waals surface area contributed by atoms with Gasteiger partial charge in [-0.3, -0.25) is 0 Å². The van der Waals surface area contributed by atoms with Crippen LogP contribution in [0.2, 0.25) is 0 Å². The predicted octanol–water partition coefficient (Wildman–Crippen LogP) is 0.860. The Labute approximate surface area is 106 Å². The minimum atomic E-state index is -0.334. The van der Waals surface area contributed by atoms with E-state index in [-0.39, 0.29) is 11.4 Å². The standard InChI is InChI=1S/C13H18N2O3/c1-17-12(16)10-3-2-4-11(5-10)15-7-13(6-14)8-18-9-13/h2-5,15H,6-9,14H2,1H3. The number of anilines is 1. The maximum Gasteiger partial charge on any atom is 0.337 e. The van der Waals surface area contributed by atoms with Crippen LogP contribution in [0.1, 0.15) is 10.4 Å². The van der Waals surface area contributed by atoms with E-state index in [9.17, 15) is 4.79 Å². The van der Waals surface area contributed by atoms with Gasteiger partial charge in [0.1, 0.15) is 0 Å².